The molecule has 0 bridgehead atoms. The number of carbonyl (C=O) groups is 4. The minimum Gasteiger partial charge on any atom is -0.465 e. The molecule has 0 aliphatic rings. The molecule has 0 aliphatic heterocycles. The monoisotopic (exact) mass is 902 g/mol. The number of nitrogens with zero attached hydrogens (tertiary/aromatic N) is 1. The van der Waals surface area contributed by atoms with E-state index in [2.05, 4.69) is 57.2 Å². The van der Waals surface area contributed by atoms with Gasteiger partial charge >= 0.3 is 23.9 Å². The summed E-state index contributed by atoms with van der Waals surface area (Å²) < 4.78 is 23.1. The second-order valence-electron chi connectivity index (χ2n) is 18.8. The minimum atomic E-state index is -0.932. The predicted molar refractivity (Wildman–Crippen MR) is 266 cm³/mol. The van der Waals surface area contributed by atoms with Crippen molar-refractivity contribution in [1.29, 1.82) is 0 Å². The molecular formula is C55H99NO8. The molecular weight excluding hydrogens is 803 g/mol. The molecule has 0 N–H and O–H groups in total. The van der Waals surface area contributed by atoms with Crippen molar-refractivity contribution in [2.24, 2.45) is 5.41 Å². The zero-order valence-corrected chi connectivity index (χ0v) is 42.4. The Labute approximate surface area is 393 Å². The smallest absolute Gasteiger partial charge is 0.309 e. The highest BCUT2D eigenvalue weighted by Crippen LogP contribution is 2.22. The summed E-state index contributed by atoms with van der Waals surface area (Å²) in [7, 11) is 3.94. The Morgan fingerprint density at radius 1 is 0.438 bits per heavy atom. The second kappa shape index (κ2) is 45.2. The molecule has 0 fully saturated rings. The Bertz CT molecular complexity index is 1160. The molecule has 64 heavy (non-hydrogen) atoms. The number of rotatable bonds is 46. The fraction of sp³-hybridized carbons (Fsp3) is 0.818. The third kappa shape index (κ3) is 43.0. The minimum absolute atomic E-state index is 0.0405. The van der Waals surface area contributed by atoms with Crippen LogP contribution in [0.1, 0.15) is 240 Å². The topological polar surface area (TPSA) is 108 Å². The zero-order valence-electron chi connectivity index (χ0n) is 42.4. The lowest BCUT2D eigenvalue weighted by molar-refractivity contribution is -0.162. The van der Waals surface area contributed by atoms with Crippen LogP contribution in [-0.4, -0.2) is 75.3 Å². The third-order valence-electron chi connectivity index (χ3n) is 11.5. The number of ether oxygens (including phenoxy) is 4. The van der Waals surface area contributed by atoms with Gasteiger partial charge in [-0.3, -0.25) is 19.2 Å². The Balaban J connectivity index is 5.23. The first kappa shape index (κ1) is 61.1. The third-order valence-corrected chi connectivity index (χ3v) is 11.5. The summed E-state index contributed by atoms with van der Waals surface area (Å²) in [6.45, 7) is 9.06. The quantitative estimate of drug-likeness (QED) is 0.0255. The molecule has 1 unspecified atom stereocenters. The van der Waals surface area contributed by atoms with Gasteiger partial charge in [-0.05, 0) is 124 Å². The van der Waals surface area contributed by atoms with Crippen LogP contribution in [0.2, 0.25) is 0 Å². The lowest BCUT2D eigenvalue weighted by Gasteiger charge is -2.28. The number of hydrogen-bond donors (Lipinski definition) is 0. The first-order valence-electron chi connectivity index (χ1n) is 26.3. The number of esters is 4. The highest BCUT2D eigenvalue weighted by molar-refractivity contribution is 5.73. The van der Waals surface area contributed by atoms with Crippen LogP contribution in [0.25, 0.3) is 0 Å². The number of allylic oxidation sites excluding steroid dienone is 6. The van der Waals surface area contributed by atoms with Crippen molar-refractivity contribution >= 4 is 23.9 Å². The van der Waals surface area contributed by atoms with Gasteiger partial charge in [0, 0.05) is 19.3 Å². The predicted octanol–water partition coefficient (Wildman–Crippen LogP) is 14.7. The maximum Gasteiger partial charge on any atom is 0.309 e. The van der Waals surface area contributed by atoms with Gasteiger partial charge in [-0.25, -0.2) is 0 Å². The molecule has 9 nitrogen and oxygen atoms in total. The molecule has 372 valence electrons. The van der Waals surface area contributed by atoms with Gasteiger partial charge in [-0.15, -0.1) is 0 Å². The summed E-state index contributed by atoms with van der Waals surface area (Å²) in [6.07, 6.45) is 45.0. The van der Waals surface area contributed by atoms with Crippen LogP contribution >= 0.6 is 0 Å². The maximum absolute atomic E-state index is 13.4. The van der Waals surface area contributed by atoms with E-state index < -0.39 is 17.5 Å². The average Bonchev–Trinajstić information content (AvgIpc) is 3.27. The number of hydrogen-bond acceptors (Lipinski definition) is 9. The van der Waals surface area contributed by atoms with Crippen molar-refractivity contribution in [3.05, 3.63) is 36.5 Å². The molecule has 0 aromatic heterocycles. The Morgan fingerprint density at radius 3 is 1.23 bits per heavy atom. The molecule has 0 aromatic carbocycles. The molecule has 0 spiro atoms. The highest BCUT2D eigenvalue weighted by Gasteiger charge is 2.31. The normalized spacial score (nSPS) is 12.5. The Morgan fingerprint density at radius 2 is 0.797 bits per heavy atom. The van der Waals surface area contributed by atoms with Crippen LogP contribution in [0.3, 0.4) is 0 Å². The average molecular weight is 902 g/mol. The SMILES string of the molecule is CCCC/C=C\CCCCCCCC(=O)OCC(C)(COC(=O)CCCCCCC/C=C\CCCC)COC(=O)CC(CCCCC/C=C\CCCCCC)OC(=O)CCCN(C)C. The fourth-order valence-electron chi connectivity index (χ4n) is 7.24. The standard InChI is InChI=1S/C55H99NO8/c1-7-10-13-16-19-22-25-28-31-34-37-41-50(64-53(59)44-40-45-56(5)6)46-54(60)63-49-55(4,47-61-51(57)42-38-35-32-29-26-23-20-17-14-11-8-2)48-62-52(58)43-39-36-33-30-27-24-21-18-15-12-9-3/h17-18,20-22,25,50H,7-16,19,23-24,26-49H2,1-6H3/b20-17-,21-18-,25-22-. The van der Waals surface area contributed by atoms with Crippen LogP contribution in [0.15, 0.2) is 36.5 Å². The maximum atomic E-state index is 13.4. The lowest BCUT2D eigenvalue weighted by Crippen LogP contribution is -2.37. The molecule has 0 saturated carbocycles. The van der Waals surface area contributed by atoms with Crippen molar-refractivity contribution in [2.75, 3.05) is 40.5 Å². The van der Waals surface area contributed by atoms with Gasteiger partial charge in [0.05, 0.1) is 11.8 Å². The summed E-state index contributed by atoms with van der Waals surface area (Å²) in [5, 5.41) is 0. The number of carbonyl (C=O) groups excluding carboxylic acids is 4. The zero-order chi connectivity index (χ0) is 47.2. The summed E-state index contributed by atoms with van der Waals surface area (Å²) in [5.74, 6) is -1.40. The van der Waals surface area contributed by atoms with Crippen LogP contribution < -0.4 is 0 Å². The van der Waals surface area contributed by atoms with E-state index in [1.54, 1.807) is 0 Å². The van der Waals surface area contributed by atoms with Crippen LogP contribution in [-0.2, 0) is 38.1 Å². The van der Waals surface area contributed by atoms with Gasteiger partial charge in [0.25, 0.3) is 0 Å². The Hall–Kier alpha value is -2.94. The van der Waals surface area contributed by atoms with E-state index in [1.165, 1.54) is 51.4 Å². The van der Waals surface area contributed by atoms with Gasteiger partial charge in [0.1, 0.15) is 25.9 Å². The van der Waals surface area contributed by atoms with Crippen molar-refractivity contribution in [1.82, 2.24) is 4.90 Å². The summed E-state index contributed by atoms with van der Waals surface area (Å²) >= 11 is 0. The molecule has 0 aliphatic carbocycles. The summed E-state index contributed by atoms with van der Waals surface area (Å²) in [4.78, 5) is 53.9. The molecule has 0 rings (SSSR count). The van der Waals surface area contributed by atoms with Gasteiger partial charge in [-0.2, -0.15) is 0 Å². The van der Waals surface area contributed by atoms with Crippen molar-refractivity contribution in [2.45, 2.75) is 246 Å². The van der Waals surface area contributed by atoms with E-state index in [4.69, 9.17) is 18.9 Å². The van der Waals surface area contributed by atoms with Crippen molar-refractivity contribution < 1.29 is 38.1 Å². The number of unbranched alkanes of at least 4 members (excludes halogenated alkanes) is 21. The van der Waals surface area contributed by atoms with E-state index in [1.807, 2.05) is 25.9 Å². The van der Waals surface area contributed by atoms with Gasteiger partial charge in [0.2, 0.25) is 0 Å². The molecule has 0 amide bonds. The highest BCUT2D eigenvalue weighted by atomic mass is 16.6. The molecule has 0 heterocycles. The second-order valence-corrected chi connectivity index (χ2v) is 18.8. The fourth-order valence-corrected chi connectivity index (χ4v) is 7.24. The molecule has 0 aromatic rings. The molecule has 1 atom stereocenters. The van der Waals surface area contributed by atoms with Crippen LogP contribution in [0, 0.1) is 5.41 Å². The van der Waals surface area contributed by atoms with Crippen molar-refractivity contribution in [3.8, 4) is 0 Å². The van der Waals surface area contributed by atoms with E-state index in [-0.39, 0.29) is 50.6 Å². The van der Waals surface area contributed by atoms with Crippen molar-refractivity contribution in [3.63, 3.8) is 0 Å². The first-order chi connectivity index (χ1) is 31.0. The van der Waals surface area contributed by atoms with E-state index in [0.29, 0.717) is 25.7 Å². The summed E-state index contributed by atoms with van der Waals surface area (Å²) in [6, 6.07) is 0. The van der Waals surface area contributed by atoms with Crippen LogP contribution in [0.4, 0.5) is 0 Å². The van der Waals surface area contributed by atoms with Gasteiger partial charge in [0.15, 0.2) is 0 Å². The lowest BCUT2D eigenvalue weighted by atomic mass is 9.94. The van der Waals surface area contributed by atoms with E-state index in [0.717, 1.165) is 129 Å². The molecule has 0 saturated heterocycles. The van der Waals surface area contributed by atoms with E-state index in [9.17, 15) is 19.2 Å². The molecule has 9 heteroatoms. The van der Waals surface area contributed by atoms with E-state index >= 15 is 0 Å². The largest absolute Gasteiger partial charge is 0.465 e. The summed E-state index contributed by atoms with van der Waals surface area (Å²) in [5.41, 5.74) is -0.932. The Kier molecular flexibility index (Phi) is 43.1. The molecule has 0 radical (unpaired) electrons. The first-order valence-corrected chi connectivity index (χ1v) is 26.3. The van der Waals surface area contributed by atoms with Gasteiger partial charge in [-0.1, -0.05) is 147 Å². The van der Waals surface area contributed by atoms with Gasteiger partial charge < -0.3 is 23.8 Å². The van der Waals surface area contributed by atoms with Crippen LogP contribution in [0.5, 0.6) is 0 Å².